The summed E-state index contributed by atoms with van der Waals surface area (Å²) in [6.07, 6.45) is 1.74. The minimum absolute atomic E-state index is 0.0239. The van der Waals surface area contributed by atoms with E-state index < -0.39 is 5.92 Å². The lowest BCUT2D eigenvalue weighted by molar-refractivity contribution is 0.0113. The highest BCUT2D eigenvalue weighted by Crippen LogP contribution is 2.28. The second kappa shape index (κ2) is 5.58. The van der Waals surface area contributed by atoms with E-state index in [0.717, 1.165) is 11.3 Å². The van der Waals surface area contributed by atoms with Crippen molar-refractivity contribution in [3.63, 3.8) is 0 Å². The van der Waals surface area contributed by atoms with E-state index in [1.165, 1.54) is 0 Å². The highest BCUT2D eigenvalue weighted by atomic mass is 19.3. The Morgan fingerprint density at radius 2 is 2.06 bits per heavy atom. The smallest absolute Gasteiger partial charge is 0.261 e. The molecule has 2 rings (SSSR count). The van der Waals surface area contributed by atoms with Crippen molar-refractivity contribution in [1.82, 2.24) is 14.7 Å². The van der Waals surface area contributed by atoms with Gasteiger partial charge in [0.25, 0.3) is 5.92 Å². The Hall–Kier alpha value is -0.970. The molecule has 0 atom stereocenters. The Morgan fingerprint density at radius 3 is 2.47 bits per heavy atom. The van der Waals surface area contributed by atoms with Crippen molar-refractivity contribution in [3.05, 3.63) is 17.5 Å². The number of hydrogen-bond donors (Lipinski definition) is 0. The largest absolute Gasteiger partial charge is 0.291 e. The molecule has 17 heavy (non-hydrogen) atoms. The number of hydrogen-bond acceptors (Lipinski definition) is 2. The Balaban J connectivity index is 0.000000686. The van der Waals surface area contributed by atoms with Crippen LogP contribution in [0, 0.1) is 6.92 Å². The van der Waals surface area contributed by atoms with E-state index in [0.29, 0.717) is 13.1 Å². The van der Waals surface area contributed by atoms with E-state index in [2.05, 4.69) is 5.10 Å². The second-order valence-corrected chi connectivity index (χ2v) is 4.21. The number of rotatable bonds is 2. The summed E-state index contributed by atoms with van der Waals surface area (Å²) in [6.45, 7) is 6.86. The summed E-state index contributed by atoms with van der Waals surface area (Å²) >= 11 is 0. The fourth-order valence-corrected chi connectivity index (χ4v) is 1.95. The van der Waals surface area contributed by atoms with Gasteiger partial charge in [-0.2, -0.15) is 5.10 Å². The molecule has 1 fully saturated rings. The molecule has 0 unspecified atom stereocenters. The lowest BCUT2D eigenvalue weighted by Crippen LogP contribution is -2.26. The van der Waals surface area contributed by atoms with Gasteiger partial charge in [-0.25, -0.2) is 8.78 Å². The molecular weight excluding hydrogens is 224 g/mol. The normalized spacial score (nSPS) is 18.9. The highest BCUT2D eigenvalue weighted by molar-refractivity contribution is 5.15. The molecule has 0 aromatic carbocycles. The Bertz CT molecular complexity index is 341. The van der Waals surface area contributed by atoms with Crippen LogP contribution >= 0.6 is 0 Å². The van der Waals surface area contributed by atoms with Crippen LogP contribution in [0.2, 0.25) is 0 Å². The first-order valence-electron chi connectivity index (χ1n) is 6.06. The minimum atomic E-state index is -2.51. The van der Waals surface area contributed by atoms with Crippen LogP contribution in [0.4, 0.5) is 8.78 Å². The van der Waals surface area contributed by atoms with Crippen LogP contribution < -0.4 is 0 Å². The number of aryl methyl sites for hydroxylation is 2. The van der Waals surface area contributed by atoms with Crippen LogP contribution in [0.1, 0.15) is 31.5 Å². The van der Waals surface area contributed by atoms with Gasteiger partial charge < -0.3 is 0 Å². The summed E-state index contributed by atoms with van der Waals surface area (Å²) in [7, 11) is 1.84. The first kappa shape index (κ1) is 14.1. The quantitative estimate of drug-likeness (QED) is 0.798. The molecular formula is C12H21F2N3. The van der Waals surface area contributed by atoms with Crippen molar-refractivity contribution in [1.29, 1.82) is 0 Å². The molecule has 1 aliphatic heterocycles. The molecule has 0 amide bonds. The van der Waals surface area contributed by atoms with Crippen molar-refractivity contribution in [2.45, 2.75) is 39.7 Å². The molecule has 98 valence electrons. The lowest BCUT2D eigenvalue weighted by atomic mass is 10.2. The van der Waals surface area contributed by atoms with Gasteiger partial charge in [-0.3, -0.25) is 9.58 Å². The maximum Gasteiger partial charge on any atom is 0.261 e. The zero-order valence-corrected chi connectivity index (χ0v) is 11.0. The van der Waals surface area contributed by atoms with E-state index in [9.17, 15) is 8.78 Å². The van der Waals surface area contributed by atoms with Crippen LogP contribution in [-0.2, 0) is 13.6 Å². The number of halogens is 2. The second-order valence-electron chi connectivity index (χ2n) is 4.21. The van der Waals surface area contributed by atoms with E-state index >= 15 is 0 Å². The van der Waals surface area contributed by atoms with E-state index in [4.69, 9.17) is 0 Å². The van der Waals surface area contributed by atoms with Crippen molar-refractivity contribution < 1.29 is 8.78 Å². The third-order valence-corrected chi connectivity index (χ3v) is 2.89. The Labute approximate surface area is 101 Å². The van der Waals surface area contributed by atoms with Gasteiger partial charge >= 0.3 is 0 Å². The van der Waals surface area contributed by atoms with E-state index in [1.807, 2.05) is 27.8 Å². The lowest BCUT2D eigenvalue weighted by Gasteiger charge is -2.16. The molecule has 0 N–H and O–H groups in total. The zero-order valence-electron chi connectivity index (χ0n) is 11.0. The van der Waals surface area contributed by atoms with E-state index in [-0.39, 0.29) is 13.0 Å². The SMILES string of the molecule is CC.Cc1cnn(C)c1CN1CCC(F)(F)C1. The van der Waals surface area contributed by atoms with Gasteiger partial charge in [0, 0.05) is 26.6 Å². The van der Waals surface area contributed by atoms with Crippen LogP contribution in [0.5, 0.6) is 0 Å². The third-order valence-electron chi connectivity index (χ3n) is 2.89. The molecule has 1 saturated heterocycles. The summed E-state index contributed by atoms with van der Waals surface area (Å²) in [6, 6.07) is 0. The Kier molecular flexibility index (Phi) is 4.62. The van der Waals surface area contributed by atoms with E-state index in [1.54, 1.807) is 15.8 Å². The maximum absolute atomic E-state index is 13.0. The van der Waals surface area contributed by atoms with Crippen LogP contribution in [-0.4, -0.2) is 33.7 Å². The third kappa shape index (κ3) is 3.49. The maximum atomic E-state index is 13.0. The van der Waals surface area contributed by atoms with Crippen LogP contribution in [0.3, 0.4) is 0 Å². The molecule has 0 aliphatic carbocycles. The van der Waals surface area contributed by atoms with Gasteiger partial charge in [-0.05, 0) is 12.5 Å². The number of likely N-dealkylation sites (tertiary alicyclic amines) is 1. The summed E-state index contributed by atoms with van der Waals surface area (Å²) in [4.78, 5) is 1.78. The molecule has 1 aromatic heterocycles. The molecule has 5 heteroatoms. The molecule has 2 heterocycles. The van der Waals surface area contributed by atoms with Gasteiger partial charge in [-0.1, -0.05) is 13.8 Å². The molecule has 1 aliphatic rings. The summed E-state index contributed by atoms with van der Waals surface area (Å²) in [5, 5.41) is 4.10. The molecule has 3 nitrogen and oxygen atoms in total. The van der Waals surface area contributed by atoms with Gasteiger partial charge in [0.1, 0.15) is 0 Å². The van der Waals surface area contributed by atoms with Crippen molar-refractivity contribution >= 4 is 0 Å². The summed E-state index contributed by atoms with van der Waals surface area (Å²) < 4.78 is 27.7. The molecule has 0 radical (unpaired) electrons. The fourth-order valence-electron chi connectivity index (χ4n) is 1.95. The fraction of sp³-hybridized carbons (Fsp3) is 0.750. The van der Waals surface area contributed by atoms with Crippen LogP contribution in [0.25, 0.3) is 0 Å². The first-order valence-corrected chi connectivity index (χ1v) is 6.06. The van der Waals surface area contributed by atoms with Crippen molar-refractivity contribution in [2.24, 2.45) is 7.05 Å². The average Bonchev–Trinajstić information content (AvgIpc) is 2.78. The van der Waals surface area contributed by atoms with Crippen molar-refractivity contribution in [3.8, 4) is 0 Å². The van der Waals surface area contributed by atoms with Crippen molar-refractivity contribution in [2.75, 3.05) is 13.1 Å². The van der Waals surface area contributed by atoms with Gasteiger partial charge in [0.05, 0.1) is 18.4 Å². The predicted molar refractivity (Wildman–Crippen MR) is 64.1 cm³/mol. The summed E-state index contributed by atoms with van der Waals surface area (Å²) in [5.41, 5.74) is 2.08. The summed E-state index contributed by atoms with van der Waals surface area (Å²) in [5.74, 6) is -2.51. The standard InChI is InChI=1S/C10H15F2N3.C2H6/c1-8-5-13-14(2)9(8)6-15-4-3-10(11,12)7-15;1-2/h5H,3-4,6-7H2,1-2H3;1-2H3. The van der Waals surface area contributed by atoms with Gasteiger partial charge in [0.15, 0.2) is 0 Å². The molecule has 0 spiro atoms. The number of aromatic nitrogens is 2. The zero-order chi connectivity index (χ0) is 13.1. The van der Waals surface area contributed by atoms with Crippen LogP contribution in [0.15, 0.2) is 6.20 Å². The minimum Gasteiger partial charge on any atom is -0.291 e. The monoisotopic (exact) mass is 245 g/mol. The average molecular weight is 245 g/mol. The number of nitrogens with zero attached hydrogens (tertiary/aromatic N) is 3. The first-order chi connectivity index (χ1) is 7.98. The molecule has 1 aromatic rings. The van der Waals surface area contributed by atoms with Gasteiger partial charge in [-0.15, -0.1) is 0 Å². The molecule has 0 saturated carbocycles. The molecule has 0 bridgehead atoms. The topological polar surface area (TPSA) is 21.1 Å². The number of alkyl halides is 2. The predicted octanol–water partition coefficient (Wildman–Crippen LogP) is 2.60. The Morgan fingerprint density at radius 1 is 1.41 bits per heavy atom. The van der Waals surface area contributed by atoms with Gasteiger partial charge in [0.2, 0.25) is 0 Å². The highest BCUT2D eigenvalue weighted by Gasteiger charge is 2.38.